The number of ether oxygens (including phenoxy) is 2. The molecule has 162 valence electrons. The summed E-state index contributed by atoms with van der Waals surface area (Å²) in [4.78, 5) is 2.30. The summed E-state index contributed by atoms with van der Waals surface area (Å²) >= 11 is 0. The maximum atomic E-state index is 10.8. The van der Waals surface area contributed by atoms with E-state index in [9.17, 15) is 10.2 Å². The smallest absolute Gasteiger partial charge is 0.126 e. The van der Waals surface area contributed by atoms with E-state index in [4.69, 9.17) is 9.47 Å². The summed E-state index contributed by atoms with van der Waals surface area (Å²) < 4.78 is 11.7. The number of hydrogen-bond acceptors (Lipinski definition) is 5. The molecule has 1 saturated heterocycles. The first-order valence-electron chi connectivity index (χ1n) is 11.0. The van der Waals surface area contributed by atoms with Gasteiger partial charge in [0.1, 0.15) is 17.1 Å². The van der Waals surface area contributed by atoms with Crippen LogP contribution in [0.3, 0.4) is 0 Å². The van der Waals surface area contributed by atoms with Crippen molar-refractivity contribution < 1.29 is 19.7 Å². The molecule has 2 aliphatic heterocycles. The van der Waals surface area contributed by atoms with Crippen molar-refractivity contribution in [3.63, 3.8) is 0 Å². The van der Waals surface area contributed by atoms with Gasteiger partial charge in [-0.05, 0) is 53.4 Å². The molecule has 2 aliphatic rings. The van der Waals surface area contributed by atoms with Gasteiger partial charge in [0, 0.05) is 31.6 Å². The minimum atomic E-state index is -0.548. The molecule has 0 aliphatic carbocycles. The van der Waals surface area contributed by atoms with Gasteiger partial charge in [-0.2, -0.15) is 0 Å². The zero-order chi connectivity index (χ0) is 21.4. The second kappa shape index (κ2) is 8.15. The van der Waals surface area contributed by atoms with Gasteiger partial charge in [-0.1, -0.05) is 36.4 Å². The third kappa shape index (κ3) is 4.01. The summed E-state index contributed by atoms with van der Waals surface area (Å²) in [6.45, 7) is 2.27. The third-order valence-electron chi connectivity index (χ3n) is 6.82. The predicted octanol–water partition coefficient (Wildman–Crippen LogP) is 4.23. The lowest BCUT2D eigenvalue weighted by atomic mass is 9.81. The average molecular weight is 420 g/mol. The highest BCUT2D eigenvalue weighted by Crippen LogP contribution is 2.45. The first-order chi connectivity index (χ1) is 15.0. The van der Waals surface area contributed by atoms with Crippen LogP contribution in [-0.4, -0.2) is 47.5 Å². The predicted molar refractivity (Wildman–Crippen MR) is 121 cm³/mol. The van der Waals surface area contributed by atoms with Crippen LogP contribution in [0.15, 0.2) is 60.7 Å². The Morgan fingerprint density at radius 1 is 1.06 bits per heavy atom. The van der Waals surface area contributed by atoms with Crippen LogP contribution in [0, 0.1) is 0 Å². The number of aliphatic hydroxyl groups excluding tert-OH is 2. The molecular weight excluding hydrogens is 390 g/mol. The molecule has 31 heavy (non-hydrogen) atoms. The Morgan fingerprint density at radius 2 is 1.84 bits per heavy atom. The van der Waals surface area contributed by atoms with Crippen LogP contribution in [0.25, 0.3) is 10.8 Å². The summed E-state index contributed by atoms with van der Waals surface area (Å²) in [6.07, 6.45) is 1.19. The lowest BCUT2D eigenvalue weighted by Gasteiger charge is -2.46. The van der Waals surface area contributed by atoms with E-state index in [0.29, 0.717) is 13.0 Å². The van der Waals surface area contributed by atoms with Crippen LogP contribution in [0.4, 0.5) is 0 Å². The molecule has 2 unspecified atom stereocenters. The van der Waals surface area contributed by atoms with Crippen molar-refractivity contribution in [2.24, 2.45) is 0 Å². The molecule has 2 N–H and O–H groups in total. The normalized spacial score (nSPS) is 21.5. The summed E-state index contributed by atoms with van der Waals surface area (Å²) in [7, 11) is 1.63. The molecule has 0 amide bonds. The molecule has 3 aromatic carbocycles. The van der Waals surface area contributed by atoms with Crippen LogP contribution < -0.4 is 9.47 Å². The second-order valence-electron chi connectivity index (χ2n) is 8.83. The van der Waals surface area contributed by atoms with Crippen molar-refractivity contribution in [1.82, 2.24) is 4.90 Å². The number of hydrogen-bond donors (Lipinski definition) is 2. The Kier molecular flexibility index (Phi) is 5.34. The summed E-state index contributed by atoms with van der Waals surface area (Å²) in [5, 5.41) is 23.9. The van der Waals surface area contributed by atoms with E-state index >= 15 is 0 Å². The van der Waals surface area contributed by atoms with E-state index in [-0.39, 0.29) is 5.60 Å². The number of nitrogens with zero attached hydrogens (tertiary/aromatic N) is 1. The van der Waals surface area contributed by atoms with Gasteiger partial charge in [0.25, 0.3) is 0 Å². The van der Waals surface area contributed by atoms with E-state index in [2.05, 4.69) is 29.2 Å². The SMILES string of the molecule is COc1ccc2c(c1)C(O)CC1(CCN(CC(O)c3ccc4ccccc4c3)CC1)O2. The molecule has 1 spiro atoms. The van der Waals surface area contributed by atoms with E-state index < -0.39 is 12.2 Å². The summed E-state index contributed by atoms with van der Waals surface area (Å²) in [5.41, 5.74) is 1.41. The van der Waals surface area contributed by atoms with Crippen molar-refractivity contribution in [2.75, 3.05) is 26.7 Å². The highest BCUT2D eigenvalue weighted by molar-refractivity contribution is 5.83. The molecule has 0 saturated carbocycles. The lowest BCUT2D eigenvalue weighted by molar-refractivity contribution is -0.0588. The molecule has 0 aromatic heterocycles. The number of likely N-dealkylation sites (tertiary alicyclic amines) is 1. The van der Waals surface area contributed by atoms with Crippen LogP contribution in [0.2, 0.25) is 0 Å². The highest BCUT2D eigenvalue weighted by atomic mass is 16.5. The van der Waals surface area contributed by atoms with Gasteiger partial charge in [0.05, 0.1) is 19.3 Å². The second-order valence-corrected chi connectivity index (χ2v) is 8.83. The Labute approximate surface area is 182 Å². The average Bonchev–Trinajstić information content (AvgIpc) is 2.80. The number of aliphatic hydroxyl groups is 2. The van der Waals surface area contributed by atoms with Crippen LogP contribution in [0.5, 0.6) is 11.5 Å². The fourth-order valence-electron chi connectivity index (χ4n) is 4.96. The maximum Gasteiger partial charge on any atom is 0.126 e. The van der Waals surface area contributed by atoms with Crippen LogP contribution in [-0.2, 0) is 0 Å². The van der Waals surface area contributed by atoms with Crippen molar-refractivity contribution in [2.45, 2.75) is 37.1 Å². The van der Waals surface area contributed by atoms with E-state index in [1.165, 1.54) is 5.39 Å². The molecule has 0 bridgehead atoms. The summed E-state index contributed by atoms with van der Waals surface area (Å²) in [6, 6.07) is 20.0. The van der Waals surface area contributed by atoms with Gasteiger partial charge < -0.3 is 24.6 Å². The molecule has 5 rings (SSSR count). The minimum absolute atomic E-state index is 0.342. The topological polar surface area (TPSA) is 62.2 Å². The number of rotatable bonds is 4. The standard InChI is InChI=1S/C26H29NO4/c1-30-21-8-9-25-22(15-21)23(28)16-26(31-25)10-12-27(13-11-26)17-24(29)20-7-6-18-4-2-3-5-19(18)14-20/h2-9,14-15,23-24,28-29H,10-13,16-17H2,1H3. The fourth-order valence-corrected chi connectivity index (χ4v) is 4.96. The van der Waals surface area contributed by atoms with E-state index in [1.807, 2.05) is 36.4 Å². The number of methoxy groups -OCH3 is 1. The van der Waals surface area contributed by atoms with Gasteiger partial charge in [-0.3, -0.25) is 0 Å². The van der Waals surface area contributed by atoms with Gasteiger partial charge in [-0.25, -0.2) is 0 Å². The first-order valence-corrected chi connectivity index (χ1v) is 11.0. The van der Waals surface area contributed by atoms with Gasteiger partial charge >= 0.3 is 0 Å². The monoisotopic (exact) mass is 419 g/mol. The number of β-amino-alcohol motifs (C(OH)–C–C–N with tert-alkyl or cyclic N) is 1. The Balaban J connectivity index is 1.23. The number of fused-ring (bicyclic) bond motifs is 2. The molecule has 5 nitrogen and oxygen atoms in total. The Hall–Kier alpha value is -2.60. The third-order valence-corrected chi connectivity index (χ3v) is 6.82. The van der Waals surface area contributed by atoms with Crippen LogP contribution in [0.1, 0.15) is 42.6 Å². The van der Waals surface area contributed by atoms with Crippen LogP contribution >= 0.6 is 0 Å². The lowest BCUT2D eigenvalue weighted by Crippen LogP contribution is -2.51. The van der Waals surface area contributed by atoms with E-state index in [1.54, 1.807) is 7.11 Å². The summed E-state index contributed by atoms with van der Waals surface area (Å²) in [5.74, 6) is 1.49. The van der Waals surface area contributed by atoms with Crippen molar-refractivity contribution in [1.29, 1.82) is 0 Å². The van der Waals surface area contributed by atoms with Gasteiger partial charge in [0.2, 0.25) is 0 Å². The molecule has 0 radical (unpaired) electrons. The molecule has 5 heteroatoms. The van der Waals surface area contributed by atoms with Crippen molar-refractivity contribution in [3.8, 4) is 11.5 Å². The van der Waals surface area contributed by atoms with E-state index in [0.717, 1.165) is 53.9 Å². The number of benzene rings is 3. The quantitative estimate of drug-likeness (QED) is 0.663. The fraction of sp³-hybridized carbons (Fsp3) is 0.385. The van der Waals surface area contributed by atoms with Crippen molar-refractivity contribution >= 4 is 10.8 Å². The number of piperidine rings is 1. The molecular formula is C26H29NO4. The van der Waals surface area contributed by atoms with Gasteiger partial charge in [-0.15, -0.1) is 0 Å². The van der Waals surface area contributed by atoms with Gasteiger partial charge in [0.15, 0.2) is 0 Å². The Bertz CT molecular complexity index is 1070. The van der Waals surface area contributed by atoms with Crippen molar-refractivity contribution in [3.05, 3.63) is 71.8 Å². The Morgan fingerprint density at radius 3 is 2.61 bits per heavy atom. The highest BCUT2D eigenvalue weighted by Gasteiger charge is 2.43. The molecule has 3 aromatic rings. The molecule has 2 heterocycles. The molecule has 1 fully saturated rings. The minimum Gasteiger partial charge on any atom is -0.497 e. The largest absolute Gasteiger partial charge is 0.497 e. The zero-order valence-electron chi connectivity index (χ0n) is 17.8. The molecule has 2 atom stereocenters. The first kappa shape index (κ1) is 20.3. The maximum absolute atomic E-state index is 10.8. The zero-order valence-corrected chi connectivity index (χ0v) is 17.8.